The van der Waals surface area contributed by atoms with Crippen LogP contribution in [0.5, 0.6) is 0 Å². The van der Waals surface area contributed by atoms with Crippen molar-refractivity contribution in [3.8, 4) is 10.7 Å². The molecule has 0 bridgehead atoms. The lowest BCUT2D eigenvalue weighted by atomic mass is 9.84. The zero-order valence-corrected chi connectivity index (χ0v) is 11.2. The fourth-order valence-corrected chi connectivity index (χ4v) is 3.31. The van der Waals surface area contributed by atoms with E-state index < -0.39 is 0 Å². The van der Waals surface area contributed by atoms with Gasteiger partial charge in [-0.25, -0.2) is 0 Å². The Morgan fingerprint density at radius 1 is 1.39 bits per heavy atom. The molecule has 96 valence electrons. The molecular weight excluding hydrogens is 246 g/mol. The minimum absolute atomic E-state index is 0.366. The first-order chi connectivity index (χ1) is 8.88. The van der Waals surface area contributed by atoms with E-state index in [2.05, 4.69) is 15.5 Å². The number of nitrogens with one attached hydrogen (secondary N) is 1. The molecular formula is C13H17N3OS. The molecule has 1 aliphatic carbocycles. The molecule has 0 aliphatic heterocycles. The minimum Gasteiger partial charge on any atom is -0.339 e. The van der Waals surface area contributed by atoms with E-state index in [0.29, 0.717) is 12.0 Å². The second-order valence-corrected chi connectivity index (χ2v) is 5.67. The summed E-state index contributed by atoms with van der Waals surface area (Å²) in [4.78, 5) is 5.64. The third kappa shape index (κ3) is 2.20. The van der Waals surface area contributed by atoms with Crippen LogP contribution in [0.15, 0.2) is 22.0 Å². The highest BCUT2D eigenvalue weighted by molar-refractivity contribution is 7.13. The zero-order chi connectivity index (χ0) is 12.4. The van der Waals surface area contributed by atoms with Crippen molar-refractivity contribution in [2.24, 2.45) is 0 Å². The van der Waals surface area contributed by atoms with Gasteiger partial charge in [0, 0.05) is 6.04 Å². The Hall–Kier alpha value is -1.20. The fraction of sp³-hybridized carbons (Fsp3) is 0.538. The van der Waals surface area contributed by atoms with Gasteiger partial charge in [-0.15, -0.1) is 11.3 Å². The van der Waals surface area contributed by atoms with Gasteiger partial charge in [-0.05, 0) is 31.3 Å². The van der Waals surface area contributed by atoms with E-state index in [-0.39, 0.29) is 0 Å². The summed E-state index contributed by atoms with van der Waals surface area (Å²) in [6.45, 7) is 0. The van der Waals surface area contributed by atoms with Crippen molar-refractivity contribution in [1.82, 2.24) is 15.5 Å². The van der Waals surface area contributed by atoms with E-state index >= 15 is 0 Å². The number of thiophene rings is 1. The molecule has 0 amide bonds. The molecule has 4 nitrogen and oxygen atoms in total. The highest BCUT2D eigenvalue weighted by Gasteiger charge is 2.30. The monoisotopic (exact) mass is 263 g/mol. The first kappa shape index (κ1) is 11.9. The van der Waals surface area contributed by atoms with Gasteiger partial charge in [0.2, 0.25) is 11.7 Å². The fourth-order valence-electron chi connectivity index (χ4n) is 2.66. The molecule has 18 heavy (non-hydrogen) atoms. The molecule has 2 unspecified atom stereocenters. The van der Waals surface area contributed by atoms with Gasteiger partial charge in [-0.1, -0.05) is 24.1 Å². The lowest BCUT2D eigenvalue weighted by molar-refractivity contribution is 0.270. The summed E-state index contributed by atoms with van der Waals surface area (Å²) in [5, 5.41) is 9.50. The topological polar surface area (TPSA) is 51.0 Å². The van der Waals surface area contributed by atoms with E-state index in [9.17, 15) is 0 Å². The van der Waals surface area contributed by atoms with Gasteiger partial charge >= 0.3 is 0 Å². The number of nitrogens with zero attached hydrogens (tertiary/aromatic N) is 2. The molecule has 2 aromatic rings. The van der Waals surface area contributed by atoms with Crippen LogP contribution in [0.3, 0.4) is 0 Å². The Kier molecular flexibility index (Phi) is 3.43. The largest absolute Gasteiger partial charge is 0.339 e. The molecule has 5 heteroatoms. The Labute approximate surface area is 110 Å². The lowest BCUT2D eigenvalue weighted by Gasteiger charge is -2.28. The number of likely N-dealkylation sites (N-methyl/N-ethyl adjacent to an activating group) is 1. The molecule has 2 aromatic heterocycles. The van der Waals surface area contributed by atoms with Crippen molar-refractivity contribution < 1.29 is 4.52 Å². The van der Waals surface area contributed by atoms with Gasteiger partial charge in [-0.3, -0.25) is 0 Å². The molecule has 1 N–H and O–H groups in total. The van der Waals surface area contributed by atoms with Crippen LogP contribution in [0, 0.1) is 0 Å². The summed E-state index contributed by atoms with van der Waals surface area (Å²) in [6.07, 6.45) is 4.86. The highest BCUT2D eigenvalue weighted by Crippen LogP contribution is 2.33. The summed E-state index contributed by atoms with van der Waals surface area (Å²) in [5.74, 6) is 1.88. The third-order valence-corrected chi connectivity index (χ3v) is 4.50. The van der Waals surface area contributed by atoms with E-state index in [1.807, 2.05) is 24.6 Å². The molecule has 0 aromatic carbocycles. The number of hydrogen-bond acceptors (Lipinski definition) is 5. The number of hydrogen-bond donors (Lipinski definition) is 1. The van der Waals surface area contributed by atoms with Gasteiger partial charge in [-0.2, -0.15) is 4.98 Å². The summed E-state index contributed by atoms with van der Waals surface area (Å²) in [6, 6.07) is 4.50. The zero-order valence-electron chi connectivity index (χ0n) is 10.4. The van der Waals surface area contributed by atoms with Gasteiger partial charge in [0.25, 0.3) is 0 Å². The summed E-state index contributed by atoms with van der Waals surface area (Å²) in [5.41, 5.74) is 0. The van der Waals surface area contributed by atoms with Gasteiger partial charge < -0.3 is 9.84 Å². The molecule has 1 saturated carbocycles. The van der Waals surface area contributed by atoms with E-state index in [1.165, 1.54) is 19.3 Å². The standard InChI is InChI=1S/C13H17N3OS/c1-14-10-6-3-2-5-9(10)13-15-12(16-17-13)11-7-4-8-18-11/h4,7-10,14H,2-3,5-6H2,1H3. The van der Waals surface area contributed by atoms with Gasteiger partial charge in [0.05, 0.1) is 10.8 Å². The molecule has 1 fully saturated rings. The van der Waals surface area contributed by atoms with Gasteiger partial charge in [0.1, 0.15) is 0 Å². The highest BCUT2D eigenvalue weighted by atomic mass is 32.1. The third-order valence-electron chi connectivity index (χ3n) is 3.64. The van der Waals surface area contributed by atoms with Crippen LogP contribution in [0.2, 0.25) is 0 Å². The molecule has 2 heterocycles. The van der Waals surface area contributed by atoms with Crippen molar-refractivity contribution in [1.29, 1.82) is 0 Å². The second-order valence-electron chi connectivity index (χ2n) is 4.72. The summed E-state index contributed by atoms with van der Waals surface area (Å²) < 4.78 is 5.47. The normalized spacial score (nSPS) is 24.3. The van der Waals surface area contributed by atoms with Crippen LogP contribution in [-0.2, 0) is 0 Å². The molecule has 2 atom stereocenters. The Bertz CT molecular complexity index is 494. The summed E-state index contributed by atoms with van der Waals surface area (Å²) >= 11 is 1.64. The van der Waals surface area contributed by atoms with Crippen molar-refractivity contribution in [2.45, 2.75) is 37.6 Å². The second kappa shape index (κ2) is 5.20. The van der Waals surface area contributed by atoms with Crippen molar-refractivity contribution in [3.63, 3.8) is 0 Å². The van der Waals surface area contributed by atoms with E-state index in [0.717, 1.165) is 23.0 Å². The maximum absolute atomic E-state index is 5.47. The molecule has 0 saturated heterocycles. The van der Waals surface area contributed by atoms with Crippen LogP contribution in [0.1, 0.15) is 37.5 Å². The summed E-state index contributed by atoms with van der Waals surface area (Å²) in [7, 11) is 2.01. The van der Waals surface area contributed by atoms with E-state index in [4.69, 9.17) is 4.52 Å². The van der Waals surface area contributed by atoms with Crippen LogP contribution >= 0.6 is 11.3 Å². The predicted octanol–water partition coefficient (Wildman–Crippen LogP) is 3.04. The first-order valence-electron chi connectivity index (χ1n) is 6.43. The number of aromatic nitrogens is 2. The molecule has 3 rings (SSSR count). The Morgan fingerprint density at radius 3 is 3.06 bits per heavy atom. The quantitative estimate of drug-likeness (QED) is 0.924. The Morgan fingerprint density at radius 2 is 2.28 bits per heavy atom. The van der Waals surface area contributed by atoms with E-state index in [1.54, 1.807) is 11.3 Å². The Balaban J connectivity index is 1.84. The minimum atomic E-state index is 0.366. The van der Waals surface area contributed by atoms with Crippen LogP contribution in [0.25, 0.3) is 10.7 Å². The predicted molar refractivity (Wildman–Crippen MR) is 71.7 cm³/mol. The SMILES string of the molecule is CNC1CCCCC1c1nc(-c2cccs2)no1. The first-order valence-corrected chi connectivity index (χ1v) is 7.31. The molecule has 0 spiro atoms. The molecule has 0 radical (unpaired) electrons. The maximum atomic E-state index is 5.47. The van der Waals surface area contributed by atoms with Crippen LogP contribution < -0.4 is 5.32 Å². The van der Waals surface area contributed by atoms with Crippen molar-refractivity contribution in [3.05, 3.63) is 23.4 Å². The number of rotatable bonds is 3. The average molecular weight is 263 g/mol. The average Bonchev–Trinajstić information content (AvgIpc) is 3.09. The van der Waals surface area contributed by atoms with Gasteiger partial charge in [0.15, 0.2) is 0 Å². The smallest absolute Gasteiger partial charge is 0.231 e. The molecule has 1 aliphatic rings. The van der Waals surface area contributed by atoms with Crippen LogP contribution in [0.4, 0.5) is 0 Å². The van der Waals surface area contributed by atoms with Crippen molar-refractivity contribution >= 4 is 11.3 Å². The maximum Gasteiger partial charge on any atom is 0.231 e. The van der Waals surface area contributed by atoms with Crippen LogP contribution in [-0.4, -0.2) is 23.2 Å². The lowest BCUT2D eigenvalue weighted by Crippen LogP contribution is -2.34. The van der Waals surface area contributed by atoms with Crippen molar-refractivity contribution in [2.75, 3.05) is 7.05 Å².